The first-order valence-corrected chi connectivity index (χ1v) is 6.10. The normalized spacial score (nSPS) is 10.8. The lowest BCUT2D eigenvalue weighted by molar-refractivity contribution is 0.350. The zero-order valence-electron chi connectivity index (χ0n) is 11.2. The van der Waals surface area contributed by atoms with Crippen LogP contribution in [0.1, 0.15) is 25.2 Å². The van der Waals surface area contributed by atoms with Gasteiger partial charge in [-0.25, -0.2) is 0 Å². The summed E-state index contributed by atoms with van der Waals surface area (Å²) in [6.07, 6.45) is 0. The van der Waals surface area contributed by atoms with Crippen LogP contribution in [-0.4, -0.2) is 30.0 Å². The summed E-state index contributed by atoms with van der Waals surface area (Å²) < 4.78 is 0. The van der Waals surface area contributed by atoms with Gasteiger partial charge in [0.05, 0.1) is 11.4 Å². The predicted octanol–water partition coefficient (Wildman–Crippen LogP) is 2.20. The molecular weight excluding hydrogens is 210 g/mol. The fraction of sp³-hybridized carbons (Fsp3) is 0.500. The Morgan fingerprint density at radius 2 is 2.12 bits per heavy atom. The van der Waals surface area contributed by atoms with Gasteiger partial charge in [0, 0.05) is 19.6 Å². The highest BCUT2D eigenvalue weighted by Crippen LogP contribution is 2.04. The predicted molar refractivity (Wildman–Crippen MR) is 72.8 cm³/mol. The van der Waals surface area contributed by atoms with Gasteiger partial charge in [0.15, 0.2) is 0 Å². The molecule has 17 heavy (non-hydrogen) atoms. The van der Waals surface area contributed by atoms with Crippen molar-refractivity contribution >= 4 is 0 Å². The number of nitrogens with zero attached hydrogens (tertiary/aromatic N) is 2. The molecule has 3 heteroatoms. The molecule has 1 aromatic rings. The highest BCUT2D eigenvalue weighted by molar-refractivity contribution is 5.11. The molecule has 0 aliphatic heterocycles. The quantitative estimate of drug-likeness (QED) is 0.732. The molecule has 1 rings (SSSR count). The summed E-state index contributed by atoms with van der Waals surface area (Å²) in [4.78, 5) is 6.85. The third-order valence-electron chi connectivity index (χ3n) is 2.39. The SMILES string of the molecule is C=C(C)CN(C)Cc1cccc(CNCC)n1. The highest BCUT2D eigenvalue weighted by Gasteiger charge is 2.02. The van der Waals surface area contributed by atoms with Gasteiger partial charge in [-0.3, -0.25) is 9.88 Å². The molecule has 0 atom stereocenters. The Bertz CT molecular complexity index is 360. The summed E-state index contributed by atoms with van der Waals surface area (Å²) in [5, 5.41) is 3.29. The second-order valence-corrected chi connectivity index (χ2v) is 4.53. The number of aromatic nitrogens is 1. The lowest BCUT2D eigenvalue weighted by Gasteiger charge is -2.16. The number of rotatable bonds is 7. The van der Waals surface area contributed by atoms with Gasteiger partial charge in [0.25, 0.3) is 0 Å². The fourth-order valence-corrected chi connectivity index (χ4v) is 1.76. The van der Waals surface area contributed by atoms with E-state index < -0.39 is 0 Å². The van der Waals surface area contributed by atoms with Crippen LogP contribution in [0.15, 0.2) is 30.4 Å². The number of hydrogen-bond donors (Lipinski definition) is 1. The molecule has 0 amide bonds. The Balaban J connectivity index is 2.55. The molecule has 0 aromatic carbocycles. The monoisotopic (exact) mass is 233 g/mol. The van der Waals surface area contributed by atoms with E-state index in [0.717, 1.165) is 37.6 Å². The highest BCUT2D eigenvalue weighted by atomic mass is 15.1. The van der Waals surface area contributed by atoms with E-state index in [9.17, 15) is 0 Å². The number of pyridine rings is 1. The van der Waals surface area contributed by atoms with Crippen LogP contribution in [0.4, 0.5) is 0 Å². The van der Waals surface area contributed by atoms with Gasteiger partial charge in [0.2, 0.25) is 0 Å². The number of likely N-dealkylation sites (N-methyl/N-ethyl adjacent to an activating group) is 1. The third-order valence-corrected chi connectivity index (χ3v) is 2.39. The summed E-state index contributed by atoms with van der Waals surface area (Å²) in [6.45, 7) is 11.7. The Labute approximate surface area is 105 Å². The Morgan fingerprint density at radius 1 is 1.41 bits per heavy atom. The van der Waals surface area contributed by atoms with Crippen LogP contribution in [0.2, 0.25) is 0 Å². The van der Waals surface area contributed by atoms with E-state index in [0.29, 0.717) is 0 Å². The van der Waals surface area contributed by atoms with E-state index in [2.05, 4.69) is 54.0 Å². The third kappa shape index (κ3) is 5.61. The van der Waals surface area contributed by atoms with Crippen LogP contribution < -0.4 is 5.32 Å². The van der Waals surface area contributed by atoms with Crippen molar-refractivity contribution in [3.63, 3.8) is 0 Å². The van der Waals surface area contributed by atoms with Gasteiger partial charge in [-0.1, -0.05) is 25.1 Å². The average Bonchev–Trinajstić information content (AvgIpc) is 2.25. The van der Waals surface area contributed by atoms with E-state index in [1.165, 1.54) is 5.57 Å². The van der Waals surface area contributed by atoms with Crippen molar-refractivity contribution in [2.24, 2.45) is 0 Å². The van der Waals surface area contributed by atoms with Crippen LogP contribution >= 0.6 is 0 Å². The molecule has 94 valence electrons. The van der Waals surface area contributed by atoms with Crippen LogP contribution in [-0.2, 0) is 13.1 Å². The lowest BCUT2D eigenvalue weighted by Crippen LogP contribution is -2.21. The van der Waals surface area contributed by atoms with Gasteiger partial charge in [-0.15, -0.1) is 0 Å². The molecule has 0 saturated carbocycles. The minimum absolute atomic E-state index is 0.842. The van der Waals surface area contributed by atoms with Crippen LogP contribution in [0.25, 0.3) is 0 Å². The molecule has 0 saturated heterocycles. The lowest BCUT2D eigenvalue weighted by atomic mass is 10.2. The maximum atomic E-state index is 4.62. The molecule has 0 aliphatic rings. The standard InChI is InChI=1S/C14H23N3/c1-5-15-9-13-7-6-8-14(16-13)11-17(4)10-12(2)3/h6-8,15H,2,5,9-11H2,1,3-4H3. The van der Waals surface area contributed by atoms with Crippen molar-refractivity contribution in [1.29, 1.82) is 0 Å². The maximum absolute atomic E-state index is 4.62. The Hall–Kier alpha value is -1.19. The van der Waals surface area contributed by atoms with Crippen LogP contribution in [0.3, 0.4) is 0 Å². The summed E-state index contributed by atoms with van der Waals surface area (Å²) >= 11 is 0. The average molecular weight is 233 g/mol. The van der Waals surface area contributed by atoms with Crippen LogP contribution in [0, 0.1) is 0 Å². The van der Waals surface area contributed by atoms with Gasteiger partial charge < -0.3 is 5.32 Å². The Morgan fingerprint density at radius 3 is 2.76 bits per heavy atom. The van der Waals surface area contributed by atoms with Crippen molar-refractivity contribution in [2.75, 3.05) is 20.1 Å². The largest absolute Gasteiger partial charge is 0.311 e. The molecule has 0 radical (unpaired) electrons. The van der Waals surface area contributed by atoms with Gasteiger partial charge in [-0.2, -0.15) is 0 Å². The summed E-state index contributed by atoms with van der Waals surface area (Å²) in [5.41, 5.74) is 3.40. The summed E-state index contributed by atoms with van der Waals surface area (Å²) in [6, 6.07) is 6.21. The molecular formula is C14H23N3. The smallest absolute Gasteiger partial charge is 0.0547 e. The number of hydrogen-bond acceptors (Lipinski definition) is 3. The maximum Gasteiger partial charge on any atom is 0.0547 e. The topological polar surface area (TPSA) is 28.2 Å². The minimum Gasteiger partial charge on any atom is -0.311 e. The zero-order chi connectivity index (χ0) is 12.7. The molecule has 1 heterocycles. The van der Waals surface area contributed by atoms with E-state index in [-0.39, 0.29) is 0 Å². The molecule has 0 unspecified atom stereocenters. The zero-order valence-corrected chi connectivity index (χ0v) is 11.2. The second kappa shape index (κ2) is 7.20. The van der Waals surface area contributed by atoms with Crippen molar-refractivity contribution in [3.8, 4) is 0 Å². The minimum atomic E-state index is 0.842. The summed E-state index contributed by atoms with van der Waals surface area (Å²) in [5.74, 6) is 0. The fourth-order valence-electron chi connectivity index (χ4n) is 1.76. The van der Waals surface area contributed by atoms with Crippen molar-refractivity contribution in [1.82, 2.24) is 15.2 Å². The molecule has 0 fully saturated rings. The molecule has 1 aromatic heterocycles. The first-order chi connectivity index (χ1) is 8.11. The first kappa shape index (κ1) is 13.9. The van der Waals surface area contributed by atoms with Crippen LogP contribution in [0.5, 0.6) is 0 Å². The van der Waals surface area contributed by atoms with Gasteiger partial charge in [-0.05, 0) is 32.6 Å². The molecule has 0 spiro atoms. The second-order valence-electron chi connectivity index (χ2n) is 4.53. The van der Waals surface area contributed by atoms with Gasteiger partial charge >= 0.3 is 0 Å². The number of nitrogens with one attached hydrogen (secondary N) is 1. The van der Waals surface area contributed by atoms with E-state index in [4.69, 9.17) is 0 Å². The van der Waals surface area contributed by atoms with Gasteiger partial charge in [0.1, 0.15) is 0 Å². The molecule has 0 bridgehead atoms. The summed E-state index contributed by atoms with van der Waals surface area (Å²) in [7, 11) is 2.09. The van der Waals surface area contributed by atoms with E-state index >= 15 is 0 Å². The Kier molecular flexibility index (Phi) is 5.87. The van der Waals surface area contributed by atoms with Crippen molar-refractivity contribution < 1.29 is 0 Å². The van der Waals surface area contributed by atoms with Crippen molar-refractivity contribution in [3.05, 3.63) is 41.7 Å². The molecule has 1 N–H and O–H groups in total. The van der Waals surface area contributed by atoms with E-state index in [1.807, 2.05) is 6.92 Å². The van der Waals surface area contributed by atoms with E-state index in [1.54, 1.807) is 0 Å². The first-order valence-electron chi connectivity index (χ1n) is 6.10. The molecule has 0 aliphatic carbocycles. The van der Waals surface area contributed by atoms with Crippen molar-refractivity contribution in [2.45, 2.75) is 26.9 Å². The molecule has 3 nitrogen and oxygen atoms in total.